The van der Waals surface area contributed by atoms with Gasteiger partial charge in [0.2, 0.25) is 0 Å². The summed E-state index contributed by atoms with van der Waals surface area (Å²) in [5, 5.41) is 4.75. The van der Waals surface area contributed by atoms with Crippen molar-refractivity contribution in [2.45, 2.75) is 38.1 Å². The number of ether oxygens (including phenoxy) is 1. The van der Waals surface area contributed by atoms with Gasteiger partial charge in [-0.3, -0.25) is 0 Å². The second-order valence-corrected chi connectivity index (χ2v) is 5.62. The summed E-state index contributed by atoms with van der Waals surface area (Å²) in [6, 6.07) is 5.95. The van der Waals surface area contributed by atoms with Gasteiger partial charge in [-0.05, 0) is 31.0 Å². The molecule has 1 saturated carbocycles. The van der Waals surface area contributed by atoms with Crippen molar-refractivity contribution >= 4 is 23.2 Å². The first-order valence-electron chi connectivity index (χ1n) is 6.56. The van der Waals surface area contributed by atoms with Crippen molar-refractivity contribution in [1.29, 1.82) is 0 Å². The summed E-state index contributed by atoms with van der Waals surface area (Å²) in [5.74, 6) is 0.734. The molecule has 0 heterocycles. The minimum Gasteiger partial charge on any atom is -0.492 e. The van der Waals surface area contributed by atoms with E-state index in [1.54, 1.807) is 18.2 Å². The monoisotopic (exact) mass is 287 g/mol. The maximum absolute atomic E-state index is 5.90. The van der Waals surface area contributed by atoms with Crippen LogP contribution < -0.4 is 10.1 Å². The van der Waals surface area contributed by atoms with E-state index in [9.17, 15) is 0 Å². The molecular weight excluding hydrogens is 269 g/mol. The third kappa shape index (κ3) is 4.68. The third-order valence-electron chi connectivity index (χ3n) is 3.25. The van der Waals surface area contributed by atoms with Crippen LogP contribution in [0.15, 0.2) is 18.2 Å². The molecule has 0 bridgehead atoms. The fraction of sp³-hybridized carbons (Fsp3) is 0.571. The minimum absolute atomic E-state index is 0.609. The Balaban J connectivity index is 1.68. The third-order valence-corrected chi connectivity index (χ3v) is 3.68. The highest BCUT2D eigenvalue weighted by molar-refractivity contribution is 6.34. The summed E-state index contributed by atoms with van der Waals surface area (Å²) in [7, 11) is 0. The molecule has 0 aliphatic heterocycles. The Hall–Kier alpha value is -0.440. The molecule has 1 fully saturated rings. The molecule has 1 N–H and O–H groups in total. The van der Waals surface area contributed by atoms with Crippen LogP contribution in [0.1, 0.15) is 32.1 Å². The zero-order valence-corrected chi connectivity index (χ0v) is 11.9. The average molecular weight is 288 g/mol. The average Bonchev–Trinajstić information content (AvgIpc) is 2.35. The molecule has 100 valence electrons. The van der Waals surface area contributed by atoms with Gasteiger partial charge in [0, 0.05) is 22.6 Å². The number of hydrogen-bond acceptors (Lipinski definition) is 2. The van der Waals surface area contributed by atoms with Crippen molar-refractivity contribution in [3.63, 3.8) is 0 Å². The summed E-state index contributed by atoms with van der Waals surface area (Å²) in [4.78, 5) is 0. The lowest BCUT2D eigenvalue weighted by Gasteiger charge is -2.22. The van der Waals surface area contributed by atoms with Crippen molar-refractivity contribution < 1.29 is 4.74 Å². The zero-order valence-electron chi connectivity index (χ0n) is 10.4. The molecule has 1 aliphatic carbocycles. The van der Waals surface area contributed by atoms with Crippen molar-refractivity contribution in [1.82, 2.24) is 5.32 Å². The van der Waals surface area contributed by atoms with Crippen LogP contribution in [-0.4, -0.2) is 19.2 Å². The van der Waals surface area contributed by atoms with Gasteiger partial charge < -0.3 is 10.1 Å². The van der Waals surface area contributed by atoms with E-state index in [-0.39, 0.29) is 0 Å². The Bertz CT molecular complexity index is 358. The fourth-order valence-electron chi connectivity index (χ4n) is 2.35. The summed E-state index contributed by atoms with van der Waals surface area (Å²) < 4.78 is 5.63. The molecule has 2 rings (SSSR count). The second-order valence-electron chi connectivity index (χ2n) is 4.74. The number of nitrogens with one attached hydrogen (secondary N) is 1. The highest BCUT2D eigenvalue weighted by Crippen LogP contribution is 2.24. The van der Waals surface area contributed by atoms with E-state index >= 15 is 0 Å². The van der Waals surface area contributed by atoms with Crippen molar-refractivity contribution in [3.05, 3.63) is 28.2 Å². The largest absolute Gasteiger partial charge is 0.492 e. The van der Waals surface area contributed by atoms with Gasteiger partial charge in [-0.2, -0.15) is 0 Å². The Morgan fingerprint density at radius 2 is 1.72 bits per heavy atom. The first kappa shape index (κ1) is 14.0. The summed E-state index contributed by atoms with van der Waals surface area (Å²) in [6.45, 7) is 1.52. The van der Waals surface area contributed by atoms with E-state index in [1.165, 1.54) is 32.1 Å². The van der Waals surface area contributed by atoms with Crippen LogP contribution in [-0.2, 0) is 0 Å². The van der Waals surface area contributed by atoms with Crippen molar-refractivity contribution in [2.75, 3.05) is 13.2 Å². The van der Waals surface area contributed by atoms with Gasteiger partial charge in [0.15, 0.2) is 0 Å². The second kappa shape index (κ2) is 7.22. The Morgan fingerprint density at radius 1 is 1.06 bits per heavy atom. The van der Waals surface area contributed by atoms with Crippen LogP contribution in [0.2, 0.25) is 10.0 Å². The van der Waals surface area contributed by atoms with E-state index in [4.69, 9.17) is 27.9 Å². The lowest BCUT2D eigenvalue weighted by molar-refractivity contribution is 0.289. The lowest BCUT2D eigenvalue weighted by Crippen LogP contribution is -2.34. The molecule has 1 aromatic rings. The number of benzene rings is 1. The normalized spacial score (nSPS) is 16.8. The molecule has 0 aromatic heterocycles. The predicted octanol–water partition coefficient (Wildman–Crippen LogP) is 4.29. The van der Waals surface area contributed by atoms with Crippen LogP contribution in [0.25, 0.3) is 0 Å². The van der Waals surface area contributed by atoms with Crippen LogP contribution in [0.3, 0.4) is 0 Å². The lowest BCUT2D eigenvalue weighted by atomic mass is 9.96. The molecule has 0 unspecified atom stereocenters. The molecule has 0 atom stereocenters. The van der Waals surface area contributed by atoms with Crippen LogP contribution in [0, 0.1) is 0 Å². The highest BCUT2D eigenvalue weighted by atomic mass is 35.5. The van der Waals surface area contributed by atoms with E-state index in [0.717, 1.165) is 12.3 Å². The summed E-state index contributed by atoms with van der Waals surface area (Å²) >= 11 is 11.8. The summed E-state index contributed by atoms with van der Waals surface area (Å²) in [6.07, 6.45) is 6.67. The quantitative estimate of drug-likeness (QED) is 0.816. The van der Waals surface area contributed by atoms with Gasteiger partial charge in [-0.25, -0.2) is 0 Å². The molecule has 1 aromatic carbocycles. The molecule has 18 heavy (non-hydrogen) atoms. The van der Waals surface area contributed by atoms with Gasteiger partial charge in [0.25, 0.3) is 0 Å². The predicted molar refractivity (Wildman–Crippen MR) is 76.8 cm³/mol. The van der Waals surface area contributed by atoms with Gasteiger partial charge in [0.1, 0.15) is 12.4 Å². The van der Waals surface area contributed by atoms with Gasteiger partial charge in [-0.1, -0.05) is 42.5 Å². The SMILES string of the molecule is Clc1cc(Cl)cc(OCCNC2CCCCC2)c1. The molecule has 0 amide bonds. The standard InChI is InChI=1S/C14H19Cl2NO/c15-11-8-12(16)10-14(9-11)18-7-6-17-13-4-2-1-3-5-13/h8-10,13,17H,1-7H2. The van der Waals surface area contributed by atoms with Gasteiger partial charge >= 0.3 is 0 Å². The van der Waals surface area contributed by atoms with E-state index in [1.807, 2.05) is 0 Å². The molecule has 2 nitrogen and oxygen atoms in total. The maximum atomic E-state index is 5.90. The highest BCUT2D eigenvalue weighted by Gasteiger charge is 2.11. The fourth-order valence-corrected chi connectivity index (χ4v) is 2.86. The molecular formula is C14H19Cl2NO. The van der Waals surface area contributed by atoms with E-state index in [0.29, 0.717) is 22.7 Å². The number of rotatable bonds is 5. The molecule has 0 radical (unpaired) electrons. The Kier molecular flexibility index (Phi) is 5.61. The van der Waals surface area contributed by atoms with E-state index < -0.39 is 0 Å². The smallest absolute Gasteiger partial charge is 0.122 e. The maximum Gasteiger partial charge on any atom is 0.122 e. The summed E-state index contributed by atoms with van der Waals surface area (Å²) in [5.41, 5.74) is 0. The first-order chi connectivity index (χ1) is 8.74. The van der Waals surface area contributed by atoms with E-state index in [2.05, 4.69) is 5.32 Å². The van der Waals surface area contributed by atoms with Gasteiger partial charge in [0.05, 0.1) is 0 Å². The molecule has 4 heteroatoms. The first-order valence-corrected chi connectivity index (χ1v) is 7.32. The Morgan fingerprint density at radius 3 is 2.39 bits per heavy atom. The zero-order chi connectivity index (χ0) is 12.8. The van der Waals surface area contributed by atoms with Crippen LogP contribution >= 0.6 is 23.2 Å². The molecule has 1 aliphatic rings. The minimum atomic E-state index is 0.609. The number of hydrogen-bond donors (Lipinski definition) is 1. The number of halogens is 2. The molecule has 0 spiro atoms. The Labute approximate surface area is 119 Å². The van der Waals surface area contributed by atoms with Crippen molar-refractivity contribution in [2.24, 2.45) is 0 Å². The molecule has 0 saturated heterocycles. The topological polar surface area (TPSA) is 21.3 Å². The van der Waals surface area contributed by atoms with Gasteiger partial charge in [-0.15, -0.1) is 0 Å². The van der Waals surface area contributed by atoms with Crippen LogP contribution in [0.4, 0.5) is 0 Å². The van der Waals surface area contributed by atoms with Crippen LogP contribution in [0.5, 0.6) is 5.75 Å². The van der Waals surface area contributed by atoms with Crippen molar-refractivity contribution in [3.8, 4) is 5.75 Å².